The van der Waals surface area contributed by atoms with Gasteiger partial charge < -0.3 is 14.7 Å². The number of carbonyl (C=O) groups excluding carboxylic acids is 1. The predicted octanol–water partition coefficient (Wildman–Crippen LogP) is 4.15. The van der Waals surface area contributed by atoms with Gasteiger partial charge in [0, 0.05) is 19.6 Å². The Morgan fingerprint density at radius 3 is 2.17 bits per heavy atom. The molecule has 0 spiro atoms. The van der Waals surface area contributed by atoms with Crippen LogP contribution in [0.1, 0.15) is 84.5 Å². The normalized spacial score (nSPS) is 11.1. The predicted molar refractivity (Wildman–Crippen MR) is 96.6 cm³/mol. The van der Waals surface area contributed by atoms with Gasteiger partial charge >= 0.3 is 5.97 Å². The second-order valence-electron chi connectivity index (χ2n) is 6.36. The third kappa shape index (κ3) is 16.0. The minimum atomic E-state index is -0.0374. The van der Waals surface area contributed by atoms with Crippen LogP contribution in [0.25, 0.3) is 0 Å². The zero-order valence-corrected chi connectivity index (χ0v) is 15.5. The summed E-state index contributed by atoms with van der Waals surface area (Å²) in [5.41, 5.74) is 0. The third-order valence-corrected chi connectivity index (χ3v) is 4.08. The molecule has 138 valence electrons. The fourth-order valence-corrected chi connectivity index (χ4v) is 2.58. The van der Waals surface area contributed by atoms with E-state index in [0.717, 1.165) is 51.7 Å². The Balaban J connectivity index is 3.54. The highest BCUT2D eigenvalue weighted by atomic mass is 16.5. The number of aliphatic hydroxyl groups excluding tert-OH is 1. The van der Waals surface area contributed by atoms with Crippen molar-refractivity contribution in [3.8, 4) is 0 Å². The van der Waals surface area contributed by atoms with E-state index in [-0.39, 0.29) is 12.6 Å². The van der Waals surface area contributed by atoms with E-state index in [1.165, 1.54) is 32.1 Å². The number of carbonyl (C=O) groups is 1. The lowest BCUT2D eigenvalue weighted by molar-refractivity contribution is -0.143. The standard InChI is InChI=1S/C19H39NO3/c1-3-5-7-8-9-13-19(22)23-18-11-10-15-20(14-6-4-2)16-12-17-21/h21H,3-18H2,1-2H3. The molecule has 0 aromatic heterocycles. The van der Waals surface area contributed by atoms with Crippen LogP contribution in [0.5, 0.6) is 0 Å². The number of esters is 1. The summed E-state index contributed by atoms with van der Waals surface area (Å²) < 4.78 is 5.30. The van der Waals surface area contributed by atoms with Crippen molar-refractivity contribution >= 4 is 5.97 Å². The van der Waals surface area contributed by atoms with Crippen LogP contribution in [-0.4, -0.2) is 48.8 Å². The van der Waals surface area contributed by atoms with E-state index in [1.54, 1.807) is 0 Å². The van der Waals surface area contributed by atoms with Gasteiger partial charge in [-0.15, -0.1) is 0 Å². The number of hydrogen-bond acceptors (Lipinski definition) is 4. The molecule has 0 aliphatic rings. The summed E-state index contributed by atoms with van der Waals surface area (Å²) in [5.74, 6) is -0.0374. The van der Waals surface area contributed by atoms with Crippen LogP contribution in [0.15, 0.2) is 0 Å². The van der Waals surface area contributed by atoms with Gasteiger partial charge in [-0.3, -0.25) is 4.79 Å². The number of unbranched alkanes of at least 4 members (excludes halogenated alkanes) is 6. The molecule has 0 unspecified atom stereocenters. The molecule has 0 saturated heterocycles. The number of ether oxygens (including phenoxy) is 1. The first-order chi connectivity index (χ1) is 11.2. The van der Waals surface area contributed by atoms with E-state index < -0.39 is 0 Å². The largest absolute Gasteiger partial charge is 0.466 e. The minimum absolute atomic E-state index is 0.0374. The molecule has 4 heteroatoms. The maximum absolute atomic E-state index is 11.6. The van der Waals surface area contributed by atoms with E-state index in [4.69, 9.17) is 9.84 Å². The molecule has 4 nitrogen and oxygen atoms in total. The molecule has 0 aliphatic carbocycles. The first kappa shape index (κ1) is 22.4. The number of hydrogen-bond donors (Lipinski definition) is 1. The number of nitrogens with zero attached hydrogens (tertiary/aromatic N) is 1. The molecule has 0 aliphatic heterocycles. The smallest absolute Gasteiger partial charge is 0.305 e. The molecular weight excluding hydrogens is 290 g/mol. The first-order valence-corrected chi connectivity index (χ1v) is 9.73. The summed E-state index contributed by atoms with van der Waals surface area (Å²) in [6.07, 6.45) is 11.6. The summed E-state index contributed by atoms with van der Waals surface area (Å²) in [5, 5.41) is 8.95. The summed E-state index contributed by atoms with van der Waals surface area (Å²) in [6, 6.07) is 0. The molecule has 0 atom stereocenters. The molecular formula is C19H39NO3. The van der Waals surface area contributed by atoms with Crippen molar-refractivity contribution < 1.29 is 14.6 Å². The molecule has 0 aromatic carbocycles. The second kappa shape index (κ2) is 17.7. The maximum Gasteiger partial charge on any atom is 0.305 e. The van der Waals surface area contributed by atoms with E-state index in [0.29, 0.717) is 13.0 Å². The lowest BCUT2D eigenvalue weighted by Gasteiger charge is -2.21. The maximum atomic E-state index is 11.6. The number of aliphatic hydroxyl groups is 1. The fourth-order valence-electron chi connectivity index (χ4n) is 2.58. The molecule has 0 saturated carbocycles. The van der Waals surface area contributed by atoms with Crippen LogP contribution >= 0.6 is 0 Å². The molecule has 0 radical (unpaired) electrons. The average Bonchev–Trinajstić information content (AvgIpc) is 2.56. The second-order valence-corrected chi connectivity index (χ2v) is 6.36. The number of rotatable bonds is 17. The molecule has 0 fully saturated rings. The van der Waals surface area contributed by atoms with Crippen molar-refractivity contribution in [2.75, 3.05) is 32.8 Å². The van der Waals surface area contributed by atoms with Gasteiger partial charge in [0.2, 0.25) is 0 Å². The summed E-state index contributed by atoms with van der Waals surface area (Å²) in [4.78, 5) is 14.0. The zero-order chi connectivity index (χ0) is 17.2. The van der Waals surface area contributed by atoms with Crippen LogP contribution in [0.3, 0.4) is 0 Å². The molecule has 0 heterocycles. The molecule has 23 heavy (non-hydrogen) atoms. The van der Waals surface area contributed by atoms with Crippen LogP contribution in [-0.2, 0) is 9.53 Å². The lowest BCUT2D eigenvalue weighted by atomic mass is 10.1. The Morgan fingerprint density at radius 2 is 1.48 bits per heavy atom. The third-order valence-electron chi connectivity index (χ3n) is 4.08. The van der Waals surface area contributed by atoms with Gasteiger partial charge in [-0.2, -0.15) is 0 Å². The Bertz CT molecular complexity index is 251. The zero-order valence-electron chi connectivity index (χ0n) is 15.5. The van der Waals surface area contributed by atoms with Crippen molar-refractivity contribution in [2.24, 2.45) is 0 Å². The fraction of sp³-hybridized carbons (Fsp3) is 0.947. The van der Waals surface area contributed by atoms with E-state index in [1.807, 2.05) is 0 Å². The van der Waals surface area contributed by atoms with Crippen molar-refractivity contribution in [1.82, 2.24) is 4.90 Å². The summed E-state index contributed by atoms with van der Waals surface area (Å²) >= 11 is 0. The van der Waals surface area contributed by atoms with Gasteiger partial charge in [0.15, 0.2) is 0 Å². The first-order valence-electron chi connectivity index (χ1n) is 9.73. The highest BCUT2D eigenvalue weighted by Crippen LogP contribution is 2.06. The summed E-state index contributed by atoms with van der Waals surface area (Å²) in [7, 11) is 0. The van der Waals surface area contributed by atoms with Crippen molar-refractivity contribution in [2.45, 2.75) is 84.5 Å². The van der Waals surface area contributed by atoms with Gasteiger partial charge in [0.1, 0.15) is 0 Å². The molecule has 0 amide bonds. The Hall–Kier alpha value is -0.610. The highest BCUT2D eigenvalue weighted by Gasteiger charge is 2.05. The van der Waals surface area contributed by atoms with Gasteiger partial charge in [-0.05, 0) is 45.2 Å². The summed E-state index contributed by atoms with van der Waals surface area (Å²) in [6.45, 7) is 8.32. The van der Waals surface area contributed by atoms with Crippen molar-refractivity contribution in [3.05, 3.63) is 0 Å². The Labute approximate surface area is 143 Å². The van der Waals surface area contributed by atoms with Gasteiger partial charge in [0.25, 0.3) is 0 Å². The molecule has 1 N–H and O–H groups in total. The quantitative estimate of drug-likeness (QED) is 0.322. The van der Waals surface area contributed by atoms with E-state index in [2.05, 4.69) is 18.7 Å². The highest BCUT2D eigenvalue weighted by molar-refractivity contribution is 5.69. The minimum Gasteiger partial charge on any atom is -0.466 e. The van der Waals surface area contributed by atoms with Crippen LogP contribution in [0, 0.1) is 0 Å². The van der Waals surface area contributed by atoms with Crippen molar-refractivity contribution in [1.29, 1.82) is 0 Å². The van der Waals surface area contributed by atoms with Crippen LogP contribution < -0.4 is 0 Å². The van der Waals surface area contributed by atoms with Crippen LogP contribution in [0.2, 0.25) is 0 Å². The SMILES string of the molecule is CCCCCCCC(=O)OCCCCN(CCCC)CCCO. The molecule has 0 rings (SSSR count). The van der Waals surface area contributed by atoms with Crippen LogP contribution in [0.4, 0.5) is 0 Å². The van der Waals surface area contributed by atoms with Gasteiger partial charge in [-0.1, -0.05) is 46.0 Å². The van der Waals surface area contributed by atoms with Crippen molar-refractivity contribution in [3.63, 3.8) is 0 Å². The Morgan fingerprint density at radius 1 is 0.826 bits per heavy atom. The van der Waals surface area contributed by atoms with Gasteiger partial charge in [0.05, 0.1) is 6.61 Å². The van der Waals surface area contributed by atoms with Gasteiger partial charge in [-0.25, -0.2) is 0 Å². The Kier molecular flexibility index (Phi) is 17.3. The average molecular weight is 330 g/mol. The molecule has 0 bridgehead atoms. The lowest BCUT2D eigenvalue weighted by Crippen LogP contribution is -2.28. The topological polar surface area (TPSA) is 49.8 Å². The van der Waals surface area contributed by atoms with E-state index in [9.17, 15) is 4.79 Å². The van der Waals surface area contributed by atoms with E-state index >= 15 is 0 Å². The monoisotopic (exact) mass is 329 g/mol. The molecule has 0 aromatic rings.